The topological polar surface area (TPSA) is 20.3 Å². The molecule has 2 aromatic carbocycles. The Bertz CT molecular complexity index is 841. The number of halogens is 1. The van der Waals surface area contributed by atoms with Crippen LogP contribution in [0.3, 0.4) is 0 Å². The molecular formula is C24H30BrNO. The first-order valence-corrected chi connectivity index (χ1v) is 11.3. The first-order chi connectivity index (χ1) is 13.0. The number of carbonyl (C=O) groups is 1. The lowest BCUT2D eigenvalue weighted by molar-refractivity contribution is -0.135. The van der Waals surface area contributed by atoms with E-state index in [1.165, 1.54) is 48.4 Å². The van der Waals surface area contributed by atoms with Crippen LogP contribution in [-0.2, 0) is 10.2 Å². The monoisotopic (exact) mass is 427 g/mol. The van der Waals surface area contributed by atoms with Gasteiger partial charge in [-0.25, -0.2) is 0 Å². The minimum atomic E-state index is -0.100. The fourth-order valence-electron chi connectivity index (χ4n) is 5.30. The smallest absolute Gasteiger partial charge is 0.226 e. The molecule has 2 nitrogen and oxygen atoms in total. The van der Waals surface area contributed by atoms with Crippen molar-refractivity contribution in [1.29, 1.82) is 0 Å². The molecule has 2 unspecified atom stereocenters. The standard InChI is InChI=1S/C24H30BrNO/c1-3-24(2,18-12-13-20-17(16-18)8-7-11-22(20)25)21-14-15-26(23(21)27)19-9-5-4-6-10-19/h7-8,11-13,16,19,21H,3-6,9-10,14-15H2,1-2H3. The maximum absolute atomic E-state index is 13.4. The fraction of sp³-hybridized carbons (Fsp3) is 0.542. The van der Waals surface area contributed by atoms with Crippen molar-refractivity contribution in [3.05, 3.63) is 46.4 Å². The number of benzene rings is 2. The van der Waals surface area contributed by atoms with Gasteiger partial charge in [-0.2, -0.15) is 0 Å². The third kappa shape index (κ3) is 3.33. The van der Waals surface area contributed by atoms with Crippen LogP contribution in [0.25, 0.3) is 10.8 Å². The summed E-state index contributed by atoms with van der Waals surface area (Å²) < 4.78 is 1.13. The Hall–Kier alpha value is -1.35. The van der Waals surface area contributed by atoms with Crippen LogP contribution in [-0.4, -0.2) is 23.4 Å². The first-order valence-electron chi connectivity index (χ1n) is 10.5. The van der Waals surface area contributed by atoms with E-state index >= 15 is 0 Å². The molecule has 0 radical (unpaired) electrons. The van der Waals surface area contributed by atoms with E-state index in [2.05, 4.69) is 71.1 Å². The Morgan fingerprint density at radius 2 is 1.89 bits per heavy atom. The Morgan fingerprint density at radius 1 is 1.11 bits per heavy atom. The summed E-state index contributed by atoms with van der Waals surface area (Å²) in [7, 11) is 0. The zero-order valence-electron chi connectivity index (χ0n) is 16.5. The summed E-state index contributed by atoms with van der Waals surface area (Å²) in [6, 6.07) is 13.6. The number of carbonyl (C=O) groups excluding carboxylic acids is 1. The zero-order chi connectivity index (χ0) is 19.0. The summed E-state index contributed by atoms with van der Waals surface area (Å²) in [6.07, 6.45) is 8.28. The van der Waals surface area contributed by atoms with Crippen molar-refractivity contribution in [2.45, 2.75) is 70.3 Å². The van der Waals surface area contributed by atoms with Crippen LogP contribution in [0.5, 0.6) is 0 Å². The molecule has 1 saturated carbocycles. The maximum Gasteiger partial charge on any atom is 0.226 e. The van der Waals surface area contributed by atoms with E-state index in [4.69, 9.17) is 0 Å². The first kappa shape index (κ1) is 19.0. The zero-order valence-corrected chi connectivity index (χ0v) is 18.1. The van der Waals surface area contributed by atoms with Crippen molar-refractivity contribution in [3.63, 3.8) is 0 Å². The van der Waals surface area contributed by atoms with Crippen LogP contribution in [0.4, 0.5) is 0 Å². The second kappa shape index (κ2) is 7.58. The van der Waals surface area contributed by atoms with Gasteiger partial charge in [0.05, 0.1) is 0 Å². The summed E-state index contributed by atoms with van der Waals surface area (Å²) in [5.41, 5.74) is 1.20. The normalized spacial score (nSPS) is 23.7. The van der Waals surface area contributed by atoms with Crippen LogP contribution < -0.4 is 0 Å². The van der Waals surface area contributed by atoms with E-state index in [1.807, 2.05) is 0 Å². The lowest BCUT2D eigenvalue weighted by Gasteiger charge is -2.36. The predicted molar refractivity (Wildman–Crippen MR) is 116 cm³/mol. The molecule has 1 heterocycles. The van der Waals surface area contributed by atoms with Crippen molar-refractivity contribution in [1.82, 2.24) is 4.90 Å². The van der Waals surface area contributed by atoms with Crippen molar-refractivity contribution < 1.29 is 4.79 Å². The highest BCUT2D eigenvalue weighted by Crippen LogP contribution is 2.43. The Balaban J connectivity index is 1.65. The van der Waals surface area contributed by atoms with Gasteiger partial charge in [0.1, 0.15) is 0 Å². The molecule has 144 valence electrons. The van der Waals surface area contributed by atoms with Crippen molar-refractivity contribution in [3.8, 4) is 0 Å². The summed E-state index contributed by atoms with van der Waals surface area (Å²) in [5.74, 6) is 0.509. The van der Waals surface area contributed by atoms with Gasteiger partial charge in [-0.05, 0) is 48.1 Å². The molecule has 0 aromatic heterocycles. The van der Waals surface area contributed by atoms with Crippen molar-refractivity contribution in [2.24, 2.45) is 5.92 Å². The third-order valence-electron chi connectivity index (χ3n) is 7.25. The Kier molecular flexibility index (Phi) is 5.33. The van der Waals surface area contributed by atoms with Gasteiger partial charge in [0.2, 0.25) is 5.91 Å². The number of hydrogen-bond donors (Lipinski definition) is 0. The minimum Gasteiger partial charge on any atom is -0.339 e. The molecule has 0 bridgehead atoms. The second-order valence-corrected chi connectivity index (χ2v) is 9.47. The lowest BCUT2D eigenvalue weighted by atomic mass is 9.69. The number of likely N-dealkylation sites (tertiary alicyclic amines) is 1. The average Bonchev–Trinajstić information content (AvgIpc) is 3.10. The fourth-order valence-corrected chi connectivity index (χ4v) is 5.81. The maximum atomic E-state index is 13.4. The predicted octanol–water partition coefficient (Wildman–Crippen LogP) is 6.45. The van der Waals surface area contributed by atoms with E-state index in [0.717, 1.165) is 23.9 Å². The molecule has 2 aliphatic rings. The Labute approximate surface area is 171 Å². The molecule has 1 saturated heterocycles. The largest absolute Gasteiger partial charge is 0.339 e. The van der Waals surface area contributed by atoms with Gasteiger partial charge < -0.3 is 4.90 Å². The minimum absolute atomic E-state index is 0.100. The number of fused-ring (bicyclic) bond motifs is 1. The van der Waals surface area contributed by atoms with Crippen molar-refractivity contribution >= 4 is 32.6 Å². The quantitative estimate of drug-likeness (QED) is 0.548. The molecule has 3 heteroatoms. The number of nitrogens with zero attached hydrogens (tertiary/aromatic N) is 1. The van der Waals surface area contributed by atoms with Crippen LogP contribution in [0.1, 0.15) is 64.4 Å². The summed E-state index contributed by atoms with van der Waals surface area (Å²) >= 11 is 3.66. The van der Waals surface area contributed by atoms with Crippen LogP contribution in [0.2, 0.25) is 0 Å². The lowest BCUT2D eigenvalue weighted by Crippen LogP contribution is -2.43. The highest BCUT2D eigenvalue weighted by atomic mass is 79.9. The molecule has 0 spiro atoms. The van der Waals surface area contributed by atoms with E-state index < -0.39 is 0 Å². The number of hydrogen-bond acceptors (Lipinski definition) is 1. The molecule has 27 heavy (non-hydrogen) atoms. The van der Waals surface area contributed by atoms with E-state index in [0.29, 0.717) is 11.9 Å². The molecular weight excluding hydrogens is 398 g/mol. The van der Waals surface area contributed by atoms with E-state index in [1.54, 1.807) is 0 Å². The van der Waals surface area contributed by atoms with E-state index in [9.17, 15) is 4.79 Å². The number of amides is 1. The molecule has 2 atom stereocenters. The highest BCUT2D eigenvalue weighted by molar-refractivity contribution is 9.10. The van der Waals surface area contributed by atoms with Gasteiger partial charge in [-0.1, -0.05) is 79.4 Å². The van der Waals surface area contributed by atoms with Crippen LogP contribution in [0, 0.1) is 5.92 Å². The second-order valence-electron chi connectivity index (χ2n) is 8.61. The van der Waals surface area contributed by atoms with Crippen molar-refractivity contribution in [2.75, 3.05) is 6.54 Å². The average molecular weight is 428 g/mol. The Morgan fingerprint density at radius 3 is 2.63 bits per heavy atom. The van der Waals surface area contributed by atoms with Gasteiger partial charge in [-0.15, -0.1) is 0 Å². The van der Waals surface area contributed by atoms with Gasteiger partial charge >= 0.3 is 0 Å². The SMILES string of the molecule is CCC(C)(c1ccc2c(Br)cccc2c1)C1CCN(C2CCCCC2)C1=O. The van der Waals surface area contributed by atoms with Gasteiger partial charge in [0.25, 0.3) is 0 Å². The molecule has 1 aliphatic heterocycles. The summed E-state index contributed by atoms with van der Waals surface area (Å²) in [5, 5.41) is 2.48. The number of rotatable bonds is 4. The molecule has 2 aromatic rings. The molecule has 1 aliphatic carbocycles. The van der Waals surface area contributed by atoms with Crippen LogP contribution in [0.15, 0.2) is 40.9 Å². The molecule has 2 fully saturated rings. The third-order valence-corrected chi connectivity index (χ3v) is 7.94. The van der Waals surface area contributed by atoms with Crippen LogP contribution >= 0.6 is 15.9 Å². The molecule has 4 rings (SSSR count). The molecule has 1 amide bonds. The summed E-state index contributed by atoms with van der Waals surface area (Å²) in [4.78, 5) is 15.7. The van der Waals surface area contributed by atoms with Gasteiger partial charge in [-0.3, -0.25) is 4.79 Å². The highest BCUT2D eigenvalue weighted by Gasteiger charge is 2.46. The van der Waals surface area contributed by atoms with Gasteiger partial charge in [0.15, 0.2) is 0 Å². The summed E-state index contributed by atoms with van der Waals surface area (Å²) in [6.45, 7) is 5.49. The molecule has 0 N–H and O–H groups in total. The van der Waals surface area contributed by atoms with Gasteiger partial charge in [0, 0.05) is 28.4 Å². The van der Waals surface area contributed by atoms with E-state index in [-0.39, 0.29) is 11.3 Å².